The van der Waals surface area contributed by atoms with E-state index < -0.39 is 0 Å². The number of anilines is 1. The molecule has 0 bridgehead atoms. The summed E-state index contributed by atoms with van der Waals surface area (Å²) < 4.78 is 5.40. The third kappa shape index (κ3) is 1.68. The van der Waals surface area contributed by atoms with Crippen LogP contribution in [0.25, 0.3) is 0 Å². The van der Waals surface area contributed by atoms with Crippen molar-refractivity contribution < 1.29 is 9.84 Å². The van der Waals surface area contributed by atoms with Crippen LogP contribution in [0, 0.1) is 0 Å². The van der Waals surface area contributed by atoms with Gasteiger partial charge < -0.3 is 15.2 Å². The van der Waals surface area contributed by atoms with Crippen LogP contribution >= 0.6 is 0 Å². The number of ether oxygens (including phenoxy) is 1. The monoisotopic (exact) mass is 193 g/mol. The Balaban J connectivity index is 2.17. The van der Waals surface area contributed by atoms with Gasteiger partial charge >= 0.3 is 0 Å². The second kappa shape index (κ2) is 3.88. The van der Waals surface area contributed by atoms with Gasteiger partial charge in [0, 0.05) is 11.8 Å². The molecule has 0 spiro atoms. The van der Waals surface area contributed by atoms with Gasteiger partial charge in [0.2, 0.25) is 0 Å². The number of benzene rings is 1. The van der Waals surface area contributed by atoms with Gasteiger partial charge in [-0.1, -0.05) is 6.07 Å². The van der Waals surface area contributed by atoms with E-state index in [0.29, 0.717) is 6.61 Å². The minimum Gasteiger partial charge on any atom is -0.494 e. The molecule has 14 heavy (non-hydrogen) atoms. The van der Waals surface area contributed by atoms with E-state index >= 15 is 0 Å². The summed E-state index contributed by atoms with van der Waals surface area (Å²) in [6.45, 7) is 2.83. The summed E-state index contributed by atoms with van der Waals surface area (Å²) in [6, 6.07) is 6.20. The zero-order valence-corrected chi connectivity index (χ0v) is 8.29. The van der Waals surface area contributed by atoms with Crippen LogP contribution in [-0.2, 0) is 6.42 Å². The SMILES string of the molecule is CCOc1ccc2c(c1)NC(CO)C2. The van der Waals surface area contributed by atoms with Crippen LogP contribution in [0.15, 0.2) is 18.2 Å². The molecule has 3 heteroatoms. The summed E-state index contributed by atoms with van der Waals surface area (Å²) in [5.41, 5.74) is 2.35. The first-order valence-corrected chi connectivity index (χ1v) is 4.96. The molecule has 1 atom stereocenters. The minimum atomic E-state index is 0.168. The van der Waals surface area contributed by atoms with Crippen LogP contribution in [0.5, 0.6) is 5.75 Å². The number of nitrogens with one attached hydrogen (secondary N) is 1. The minimum absolute atomic E-state index is 0.168. The number of aliphatic hydroxyl groups excluding tert-OH is 1. The van der Waals surface area contributed by atoms with Gasteiger partial charge in [-0.2, -0.15) is 0 Å². The molecular formula is C11H15NO2. The van der Waals surface area contributed by atoms with Gasteiger partial charge in [-0.05, 0) is 25.0 Å². The molecule has 1 aromatic carbocycles. The Morgan fingerprint density at radius 3 is 3.14 bits per heavy atom. The average Bonchev–Trinajstić information content (AvgIpc) is 2.60. The lowest BCUT2D eigenvalue weighted by Crippen LogP contribution is -2.19. The molecular weight excluding hydrogens is 178 g/mol. The van der Waals surface area contributed by atoms with E-state index in [1.54, 1.807) is 0 Å². The number of fused-ring (bicyclic) bond motifs is 1. The highest BCUT2D eigenvalue weighted by molar-refractivity contribution is 5.59. The number of rotatable bonds is 3. The third-order valence-electron chi connectivity index (χ3n) is 2.44. The molecule has 0 saturated carbocycles. The first-order chi connectivity index (χ1) is 6.83. The Morgan fingerprint density at radius 1 is 1.57 bits per heavy atom. The zero-order valence-electron chi connectivity index (χ0n) is 8.29. The van der Waals surface area contributed by atoms with Crippen molar-refractivity contribution in [2.75, 3.05) is 18.5 Å². The van der Waals surface area contributed by atoms with Crippen molar-refractivity contribution in [1.82, 2.24) is 0 Å². The van der Waals surface area contributed by atoms with E-state index in [2.05, 4.69) is 11.4 Å². The van der Waals surface area contributed by atoms with E-state index in [-0.39, 0.29) is 12.6 Å². The van der Waals surface area contributed by atoms with Crippen molar-refractivity contribution in [3.8, 4) is 5.75 Å². The van der Waals surface area contributed by atoms with Crippen LogP contribution in [0.2, 0.25) is 0 Å². The van der Waals surface area contributed by atoms with E-state index in [0.717, 1.165) is 17.9 Å². The smallest absolute Gasteiger partial charge is 0.121 e. The molecule has 1 aliphatic rings. The van der Waals surface area contributed by atoms with Crippen LogP contribution in [0.4, 0.5) is 5.69 Å². The summed E-state index contributed by atoms with van der Waals surface area (Å²) in [6.07, 6.45) is 0.901. The summed E-state index contributed by atoms with van der Waals surface area (Å²) in [7, 11) is 0. The van der Waals surface area contributed by atoms with Gasteiger partial charge in [0.05, 0.1) is 19.3 Å². The summed E-state index contributed by atoms with van der Waals surface area (Å²) in [4.78, 5) is 0. The second-order valence-corrected chi connectivity index (χ2v) is 3.48. The predicted octanol–water partition coefficient (Wildman–Crippen LogP) is 1.41. The molecule has 76 valence electrons. The highest BCUT2D eigenvalue weighted by Gasteiger charge is 2.19. The largest absolute Gasteiger partial charge is 0.494 e. The molecule has 1 unspecified atom stereocenters. The van der Waals surface area contributed by atoms with E-state index in [4.69, 9.17) is 9.84 Å². The van der Waals surface area contributed by atoms with Gasteiger partial charge in [0.15, 0.2) is 0 Å². The van der Waals surface area contributed by atoms with Crippen LogP contribution in [-0.4, -0.2) is 24.4 Å². The lowest BCUT2D eigenvalue weighted by Gasteiger charge is -2.07. The molecule has 3 nitrogen and oxygen atoms in total. The number of hydrogen-bond donors (Lipinski definition) is 2. The van der Waals surface area contributed by atoms with E-state index in [9.17, 15) is 0 Å². The van der Waals surface area contributed by atoms with Crippen LogP contribution in [0.1, 0.15) is 12.5 Å². The first kappa shape index (κ1) is 9.34. The molecule has 0 fully saturated rings. The maximum absolute atomic E-state index is 9.02. The molecule has 1 aromatic rings. The maximum atomic E-state index is 9.02. The predicted molar refractivity (Wildman–Crippen MR) is 55.8 cm³/mol. The Morgan fingerprint density at radius 2 is 2.43 bits per heavy atom. The lowest BCUT2D eigenvalue weighted by atomic mass is 10.1. The first-order valence-electron chi connectivity index (χ1n) is 4.96. The third-order valence-corrected chi connectivity index (χ3v) is 2.44. The molecule has 0 aliphatic carbocycles. The Hall–Kier alpha value is -1.22. The van der Waals surface area contributed by atoms with Crippen molar-refractivity contribution in [2.45, 2.75) is 19.4 Å². The molecule has 0 amide bonds. The van der Waals surface area contributed by atoms with Gasteiger partial charge in [-0.3, -0.25) is 0 Å². The van der Waals surface area contributed by atoms with Gasteiger partial charge in [0.25, 0.3) is 0 Å². The fourth-order valence-electron chi connectivity index (χ4n) is 1.77. The Kier molecular flexibility index (Phi) is 2.59. The standard InChI is InChI=1S/C11H15NO2/c1-2-14-10-4-3-8-5-9(7-13)12-11(8)6-10/h3-4,6,9,12-13H,2,5,7H2,1H3. The summed E-state index contributed by atoms with van der Waals surface area (Å²) in [5.74, 6) is 0.886. The Labute approximate surface area is 83.7 Å². The van der Waals surface area contributed by atoms with Gasteiger partial charge in [-0.25, -0.2) is 0 Å². The molecule has 0 saturated heterocycles. The maximum Gasteiger partial charge on any atom is 0.121 e. The molecule has 2 rings (SSSR count). The van der Waals surface area contributed by atoms with Crippen LogP contribution < -0.4 is 10.1 Å². The lowest BCUT2D eigenvalue weighted by molar-refractivity contribution is 0.277. The summed E-state index contributed by atoms with van der Waals surface area (Å²) in [5, 5.41) is 12.3. The fourth-order valence-corrected chi connectivity index (χ4v) is 1.77. The Bertz CT molecular complexity index is 325. The molecule has 0 aromatic heterocycles. The van der Waals surface area contributed by atoms with Crippen molar-refractivity contribution in [3.63, 3.8) is 0 Å². The average molecular weight is 193 g/mol. The quantitative estimate of drug-likeness (QED) is 0.762. The van der Waals surface area contributed by atoms with Gasteiger partial charge in [0.1, 0.15) is 5.75 Å². The fraction of sp³-hybridized carbons (Fsp3) is 0.455. The zero-order chi connectivity index (χ0) is 9.97. The van der Waals surface area contributed by atoms with Crippen molar-refractivity contribution in [2.24, 2.45) is 0 Å². The van der Waals surface area contributed by atoms with Crippen molar-refractivity contribution in [3.05, 3.63) is 23.8 Å². The normalized spacial score (nSPS) is 18.9. The summed E-state index contributed by atoms with van der Waals surface area (Å²) >= 11 is 0. The second-order valence-electron chi connectivity index (χ2n) is 3.48. The number of hydrogen-bond acceptors (Lipinski definition) is 3. The molecule has 1 aliphatic heterocycles. The van der Waals surface area contributed by atoms with Gasteiger partial charge in [-0.15, -0.1) is 0 Å². The highest BCUT2D eigenvalue weighted by atomic mass is 16.5. The molecule has 0 radical (unpaired) electrons. The molecule has 1 heterocycles. The number of aliphatic hydroxyl groups is 1. The van der Waals surface area contributed by atoms with E-state index in [1.807, 2.05) is 19.1 Å². The topological polar surface area (TPSA) is 41.5 Å². The molecule has 2 N–H and O–H groups in total. The highest BCUT2D eigenvalue weighted by Crippen LogP contribution is 2.29. The van der Waals surface area contributed by atoms with E-state index in [1.165, 1.54) is 5.56 Å². The van der Waals surface area contributed by atoms with Crippen LogP contribution in [0.3, 0.4) is 0 Å². The van der Waals surface area contributed by atoms with Crippen molar-refractivity contribution >= 4 is 5.69 Å². The van der Waals surface area contributed by atoms with Crippen molar-refractivity contribution in [1.29, 1.82) is 0 Å².